The van der Waals surface area contributed by atoms with Gasteiger partial charge in [-0.1, -0.05) is 36.0 Å². The Morgan fingerprint density at radius 2 is 1.96 bits per heavy atom. The molecule has 27 heavy (non-hydrogen) atoms. The van der Waals surface area contributed by atoms with E-state index in [0.29, 0.717) is 18.0 Å². The summed E-state index contributed by atoms with van der Waals surface area (Å²) in [6.45, 7) is 6.94. The molecule has 1 atom stereocenters. The Hall–Kier alpha value is -2.15. The molecule has 1 fully saturated rings. The lowest BCUT2D eigenvalue weighted by Gasteiger charge is -2.12. The zero-order valence-corrected chi connectivity index (χ0v) is 16.9. The van der Waals surface area contributed by atoms with Crippen LogP contribution in [0.25, 0.3) is 0 Å². The second-order valence-electron chi connectivity index (χ2n) is 6.91. The van der Waals surface area contributed by atoms with Crippen molar-refractivity contribution in [2.45, 2.75) is 62.9 Å². The zero-order valence-electron chi connectivity index (χ0n) is 16.1. The molecule has 6 nitrogen and oxygen atoms in total. The molecule has 0 spiro atoms. The Labute approximate surface area is 164 Å². The van der Waals surface area contributed by atoms with Gasteiger partial charge in [-0.25, -0.2) is 0 Å². The third-order valence-corrected chi connectivity index (χ3v) is 5.76. The summed E-state index contributed by atoms with van der Waals surface area (Å²) in [5, 5.41) is 12.0. The van der Waals surface area contributed by atoms with Crippen molar-refractivity contribution < 1.29 is 9.59 Å². The highest BCUT2D eigenvalue weighted by molar-refractivity contribution is 8.00. The van der Waals surface area contributed by atoms with E-state index in [1.807, 2.05) is 31.2 Å². The van der Waals surface area contributed by atoms with Crippen LogP contribution in [0.5, 0.6) is 0 Å². The van der Waals surface area contributed by atoms with Crippen LogP contribution in [0.1, 0.15) is 61.3 Å². The second-order valence-corrected chi connectivity index (χ2v) is 8.22. The second kappa shape index (κ2) is 8.69. The molecule has 0 saturated heterocycles. The number of ketones is 1. The van der Waals surface area contributed by atoms with E-state index in [1.54, 1.807) is 0 Å². The van der Waals surface area contributed by atoms with E-state index in [-0.39, 0.29) is 16.9 Å². The number of carbonyl (C=O) groups is 2. The largest absolute Gasteiger partial charge is 0.356 e. The molecule has 0 aliphatic heterocycles. The number of benzene rings is 1. The number of amides is 1. The molecule has 1 saturated carbocycles. The molecular weight excluding hydrogens is 360 g/mol. The summed E-state index contributed by atoms with van der Waals surface area (Å²) in [4.78, 5) is 23.7. The average molecular weight is 387 g/mol. The first-order chi connectivity index (χ1) is 13.0. The van der Waals surface area contributed by atoms with Crippen LogP contribution >= 0.6 is 11.8 Å². The smallest absolute Gasteiger partial charge is 0.216 e. The molecule has 0 radical (unpaired) electrons. The fourth-order valence-corrected chi connectivity index (χ4v) is 3.99. The number of thioether (sulfide) groups is 1. The van der Waals surface area contributed by atoms with Crippen molar-refractivity contribution in [3.8, 4) is 0 Å². The summed E-state index contributed by atoms with van der Waals surface area (Å²) in [5.41, 5.74) is 1.80. The van der Waals surface area contributed by atoms with Crippen LogP contribution in [0, 0.1) is 0 Å². The third-order valence-electron chi connectivity index (χ3n) is 4.68. The highest BCUT2D eigenvalue weighted by Crippen LogP contribution is 2.40. The van der Waals surface area contributed by atoms with E-state index in [9.17, 15) is 9.59 Å². The van der Waals surface area contributed by atoms with Gasteiger partial charge in [0.25, 0.3) is 0 Å². The van der Waals surface area contributed by atoms with Crippen LogP contribution in [0.4, 0.5) is 0 Å². The predicted octanol–water partition coefficient (Wildman–Crippen LogP) is 3.22. The summed E-state index contributed by atoms with van der Waals surface area (Å²) in [7, 11) is 0. The highest BCUT2D eigenvalue weighted by Gasteiger charge is 2.30. The monoisotopic (exact) mass is 386 g/mol. The van der Waals surface area contributed by atoms with Gasteiger partial charge < -0.3 is 9.88 Å². The van der Waals surface area contributed by atoms with Crippen LogP contribution in [0.15, 0.2) is 29.4 Å². The van der Waals surface area contributed by atoms with Gasteiger partial charge in [0.2, 0.25) is 5.91 Å². The Balaban J connectivity index is 1.61. The molecule has 1 aliphatic rings. The molecule has 1 unspecified atom stereocenters. The van der Waals surface area contributed by atoms with Crippen LogP contribution < -0.4 is 5.32 Å². The molecule has 1 amide bonds. The van der Waals surface area contributed by atoms with Crippen LogP contribution in [0.3, 0.4) is 0 Å². The summed E-state index contributed by atoms with van der Waals surface area (Å²) < 4.78 is 2.14. The lowest BCUT2D eigenvalue weighted by molar-refractivity contribution is -0.118. The first kappa shape index (κ1) is 19.6. The maximum absolute atomic E-state index is 12.8. The third kappa shape index (κ3) is 4.97. The normalized spacial score (nSPS) is 14.8. The van der Waals surface area contributed by atoms with Crippen molar-refractivity contribution >= 4 is 23.5 Å². The molecule has 7 heteroatoms. The van der Waals surface area contributed by atoms with Gasteiger partial charge >= 0.3 is 0 Å². The molecule has 3 rings (SSSR count). The van der Waals surface area contributed by atoms with Gasteiger partial charge in [0.15, 0.2) is 10.9 Å². The van der Waals surface area contributed by atoms with Gasteiger partial charge in [-0.2, -0.15) is 0 Å². The Morgan fingerprint density at radius 3 is 2.56 bits per heavy atom. The molecule has 144 valence electrons. The molecule has 1 aromatic heterocycles. The number of hydrogen-bond donors (Lipinski definition) is 1. The van der Waals surface area contributed by atoms with Gasteiger partial charge in [0, 0.05) is 31.5 Å². The minimum atomic E-state index is -0.225. The van der Waals surface area contributed by atoms with Crippen molar-refractivity contribution in [3.63, 3.8) is 0 Å². The maximum atomic E-state index is 12.8. The van der Waals surface area contributed by atoms with Crippen molar-refractivity contribution in [2.75, 3.05) is 6.54 Å². The van der Waals surface area contributed by atoms with Crippen molar-refractivity contribution in [2.24, 2.45) is 0 Å². The Morgan fingerprint density at radius 1 is 1.26 bits per heavy atom. The van der Waals surface area contributed by atoms with E-state index < -0.39 is 0 Å². The number of carbonyl (C=O) groups excluding carboxylic acids is 2. The van der Waals surface area contributed by atoms with Crippen molar-refractivity contribution in [1.29, 1.82) is 0 Å². The predicted molar refractivity (Wildman–Crippen MR) is 106 cm³/mol. The number of nitrogens with one attached hydrogen (secondary N) is 1. The van der Waals surface area contributed by atoms with Gasteiger partial charge in [-0.05, 0) is 38.7 Å². The summed E-state index contributed by atoms with van der Waals surface area (Å²) >= 11 is 1.48. The first-order valence-electron chi connectivity index (χ1n) is 9.47. The summed E-state index contributed by atoms with van der Waals surface area (Å²) in [6, 6.07) is 7.63. The molecular formula is C20H26N4O2S. The number of rotatable bonds is 9. The standard InChI is InChI=1S/C20H26N4O2S/c1-4-24-19(17-9-10-17)22-23-20(24)27-13(2)18(26)16-7-5-15(6-8-16)11-12-21-14(3)25/h5-8,13,17H,4,9-12H2,1-3H3,(H,21,25). The van der Waals surface area contributed by atoms with E-state index >= 15 is 0 Å². The van der Waals surface area contributed by atoms with Gasteiger partial charge in [0.1, 0.15) is 5.82 Å². The maximum Gasteiger partial charge on any atom is 0.216 e. The van der Waals surface area contributed by atoms with Gasteiger partial charge in [-0.15, -0.1) is 10.2 Å². The van der Waals surface area contributed by atoms with Crippen LogP contribution in [-0.2, 0) is 17.8 Å². The topological polar surface area (TPSA) is 76.9 Å². The Kier molecular flexibility index (Phi) is 6.31. The zero-order chi connectivity index (χ0) is 19.4. The number of hydrogen-bond acceptors (Lipinski definition) is 5. The Bertz CT molecular complexity index is 812. The van der Waals surface area contributed by atoms with E-state index in [2.05, 4.69) is 27.0 Å². The molecule has 0 bridgehead atoms. The van der Waals surface area contributed by atoms with Crippen molar-refractivity contribution in [3.05, 3.63) is 41.2 Å². The van der Waals surface area contributed by atoms with Gasteiger partial charge in [-0.3, -0.25) is 9.59 Å². The number of Topliss-reactive ketones (excluding diaryl/α,β-unsaturated/α-hetero) is 1. The fourth-order valence-electron chi connectivity index (χ4n) is 2.99. The first-order valence-corrected chi connectivity index (χ1v) is 10.3. The summed E-state index contributed by atoms with van der Waals surface area (Å²) in [6.07, 6.45) is 3.12. The fraction of sp³-hybridized carbons (Fsp3) is 0.500. The van der Waals surface area contributed by atoms with Gasteiger partial charge in [0.05, 0.1) is 5.25 Å². The number of aromatic nitrogens is 3. The quantitative estimate of drug-likeness (QED) is 0.529. The SMILES string of the molecule is CCn1c(SC(C)C(=O)c2ccc(CCNC(C)=O)cc2)nnc1C1CC1. The lowest BCUT2D eigenvalue weighted by atomic mass is 10.0. The van der Waals surface area contributed by atoms with Crippen molar-refractivity contribution in [1.82, 2.24) is 20.1 Å². The van der Waals surface area contributed by atoms with E-state index in [0.717, 1.165) is 29.5 Å². The molecule has 1 aromatic carbocycles. The minimum Gasteiger partial charge on any atom is -0.356 e. The average Bonchev–Trinajstić information content (AvgIpc) is 3.42. The van der Waals surface area contributed by atoms with Crippen LogP contribution in [0.2, 0.25) is 0 Å². The minimum absolute atomic E-state index is 0.0302. The van der Waals surface area contributed by atoms with E-state index in [1.165, 1.54) is 31.5 Å². The lowest BCUT2D eigenvalue weighted by Crippen LogP contribution is -2.22. The molecule has 1 N–H and O–H groups in total. The molecule has 1 heterocycles. The molecule has 2 aromatic rings. The van der Waals surface area contributed by atoms with E-state index in [4.69, 9.17) is 0 Å². The molecule has 1 aliphatic carbocycles. The highest BCUT2D eigenvalue weighted by atomic mass is 32.2. The number of nitrogens with zero attached hydrogens (tertiary/aromatic N) is 3. The van der Waals surface area contributed by atoms with Crippen LogP contribution in [-0.4, -0.2) is 38.2 Å². The summed E-state index contributed by atoms with van der Waals surface area (Å²) in [5.74, 6) is 1.66.